The van der Waals surface area contributed by atoms with Crippen LogP contribution in [0.4, 0.5) is 0 Å². The number of benzene rings is 1. The van der Waals surface area contributed by atoms with Gasteiger partial charge in [0.15, 0.2) is 0 Å². The molecule has 1 aromatic carbocycles. The van der Waals surface area contributed by atoms with E-state index in [2.05, 4.69) is 23.5 Å². The summed E-state index contributed by atoms with van der Waals surface area (Å²) in [5.74, 6) is 0. The maximum atomic E-state index is 6.01. The Bertz CT molecular complexity index is 295. The summed E-state index contributed by atoms with van der Waals surface area (Å²) in [5.41, 5.74) is 2.47. The van der Waals surface area contributed by atoms with Crippen molar-refractivity contribution in [2.45, 2.75) is 19.4 Å². The molecular weight excluding hydrogens is 205 g/mol. The van der Waals surface area contributed by atoms with Gasteiger partial charge in [0.2, 0.25) is 0 Å². The summed E-state index contributed by atoms with van der Waals surface area (Å²) in [7, 11) is 0. The average molecular weight is 218 g/mol. The molecule has 0 bridgehead atoms. The zero-order chi connectivity index (χ0) is 8.55. The van der Waals surface area contributed by atoms with Crippen LogP contribution in [-0.2, 0) is 0 Å². The summed E-state index contributed by atoms with van der Waals surface area (Å²) in [4.78, 5) is 0. The highest BCUT2D eigenvalue weighted by Gasteiger charge is 2.18. The third-order valence-electron chi connectivity index (χ3n) is 2.42. The minimum absolute atomic E-state index is 0. The van der Waals surface area contributed by atoms with E-state index in [0.717, 1.165) is 17.1 Å². The number of hydrogen-bond acceptors (Lipinski definition) is 1. The minimum Gasteiger partial charge on any atom is -0.310 e. The van der Waals surface area contributed by atoms with Crippen molar-refractivity contribution in [2.75, 3.05) is 6.54 Å². The molecule has 0 spiro atoms. The molecule has 0 amide bonds. The highest BCUT2D eigenvalue weighted by Crippen LogP contribution is 2.26. The molecule has 72 valence electrons. The Morgan fingerprint density at radius 3 is 2.62 bits per heavy atom. The summed E-state index contributed by atoms with van der Waals surface area (Å²) in [5, 5.41) is 4.23. The first-order chi connectivity index (χ1) is 5.77. The fraction of sp³-hybridized carbons (Fsp3) is 0.400. The Hall–Kier alpha value is -0.240. The standard InChI is InChI=1S/C10H12ClN.ClH/c1-7-2-3-8(6-9(7)11)10-4-5-12-10;/h2-3,6,10,12H,4-5H2,1H3;1H/t10-;/m0./s1. The Labute approximate surface area is 89.9 Å². The van der Waals surface area contributed by atoms with Crippen molar-refractivity contribution in [3.05, 3.63) is 34.3 Å². The second-order valence-electron chi connectivity index (χ2n) is 3.30. The van der Waals surface area contributed by atoms with Gasteiger partial charge in [-0.1, -0.05) is 23.7 Å². The van der Waals surface area contributed by atoms with Crippen LogP contribution in [0.2, 0.25) is 5.02 Å². The molecule has 13 heavy (non-hydrogen) atoms. The monoisotopic (exact) mass is 217 g/mol. The second-order valence-corrected chi connectivity index (χ2v) is 3.71. The zero-order valence-corrected chi connectivity index (χ0v) is 9.08. The second kappa shape index (κ2) is 4.32. The van der Waals surface area contributed by atoms with Crippen LogP contribution in [-0.4, -0.2) is 6.54 Å². The maximum Gasteiger partial charge on any atom is 0.0438 e. The minimum atomic E-state index is 0. The molecule has 1 fully saturated rings. The maximum absolute atomic E-state index is 6.01. The SMILES string of the molecule is Cc1ccc([C@@H]2CCN2)cc1Cl.Cl. The fourth-order valence-corrected chi connectivity index (χ4v) is 1.59. The van der Waals surface area contributed by atoms with Gasteiger partial charge in [-0.25, -0.2) is 0 Å². The van der Waals surface area contributed by atoms with Gasteiger partial charge in [0.1, 0.15) is 0 Å². The lowest BCUT2D eigenvalue weighted by Gasteiger charge is -2.28. The summed E-state index contributed by atoms with van der Waals surface area (Å²) < 4.78 is 0. The summed E-state index contributed by atoms with van der Waals surface area (Å²) >= 11 is 6.01. The van der Waals surface area contributed by atoms with Crippen molar-refractivity contribution in [1.82, 2.24) is 5.32 Å². The first kappa shape index (κ1) is 10.8. The van der Waals surface area contributed by atoms with E-state index in [9.17, 15) is 0 Å². The van der Waals surface area contributed by atoms with E-state index in [0.29, 0.717) is 6.04 Å². The number of rotatable bonds is 1. The van der Waals surface area contributed by atoms with Crippen LogP contribution < -0.4 is 5.32 Å². The van der Waals surface area contributed by atoms with E-state index < -0.39 is 0 Å². The molecule has 1 nitrogen and oxygen atoms in total. The topological polar surface area (TPSA) is 12.0 Å². The Balaban J connectivity index is 0.000000845. The first-order valence-electron chi connectivity index (χ1n) is 4.27. The van der Waals surface area contributed by atoms with E-state index >= 15 is 0 Å². The van der Waals surface area contributed by atoms with Gasteiger partial charge in [-0.2, -0.15) is 0 Å². The molecule has 2 rings (SSSR count). The van der Waals surface area contributed by atoms with Gasteiger partial charge in [0.25, 0.3) is 0 Å². The molecule has 0 aromatic heterocycles. The molecule has 1 heterocycles. The van der Waals surface area contributed by atoms with Crippen LogP contribution in [0.15, 0.2) is 18.2 Å². The van der Waals surface area contributed by atoms with E-state index in [1.54, 1.807) is 0 Å². The summed E-state index contributed by atoms with van der Waals surface area (Å²) in [6.45, 7) is 3.16. The molecule has 1 aliphatic rings. The molecule has 0 aliphatic carbocycles. The molecule has 0 unspecified atom stereocenters. The molecule has 0 saturated carbocycles. The van der Waals surface area contributed by atoms with Gasteiger partial charge in [-0.3, -0.25) is 0 Å². The third kappa shape index (κ3) is 2.16. The predicted octanol–water partition coefficient (Wildman–Crippen LogP) is 3.10. The van der Waals surface area contributed by atoms with Crippen LogP contribution in [0.5, 0.6) is 0 Å². The first-order valence-corrected chi connectivity index (χ1v) is 4.64. The Morgan fingerprint density at radius 2 is 2.15 bits per heavy atom. The van der Waals surface area contributed by atoms with E-state index in [1.165, 1.54) is 12.0 Å². The highest BCUT2D eigenvalue weighted by atomic mass is 35.5. The van der Waals surface area contributed by atoms with Crippen molar-refractivity contribution in [2.24, 2.45) is 0 Å². The molecule has 0 radical (unpaired) electrons. The van der Waals surface area contributed by atoms with Crippen LogP contribution in [0.1, 0.15) is 23.6 Å². The van der Waals surface area contributed by atoms with E-state index in [1.807, 2.05) is 6.92 Å². The number of halogens is 2. The number of nitrogens with one attached hydrogen (secondary N) is 1. The van der Waals surface area contributed by atoms with Gasteiger partial charge >= 0.3 is 0 Å². The van der Waals surface area contributed by atoms with Crippen LogP contribution in [0.25, 0.3) is 0 Å². The number of aryl methyl sites for hydroxylation is 1. The van der Waals surface area contributed by atoms with Gasteiger partial charge in [0, 0.05) is 11.1 Å². The van der Waals surface area contributed by atoms with Gasteiger partial charge in [-0.05, 0) is 37.1 Å². The lowest BCUT2D eigenvalue weighted by Crippen LogP contribution is -2.34. The molecular formula is C10H13Cl2N. The largest absolute Gasteiger partial charge is 0.310 e. The van der Waals surface area contributed by atoms with Crippen molar-refractivity contribution < 1.29 is 0 Å². The Morgan fingerprint density at radius 1 is 1.46 bits per heavy atom. The van der Waals surface area contributed by atoms with E-state index in [-0.39, 0.29) is 12.4 Å². The van der Waals surface area contributed by atoms with Gasteiger partial charge < -0.3 is 5.32 Å². The molecule has 3 heteroatoms. The fourth-order valence-electron chi connectivity index (χ4n) is 1.40. The lowest BCUT2D eigenvalue weighted by molar-refractivity contribution is 0.383. The van der Waals surface area contributed by atoms with Gasteiger partial charge in [-0.15, -0.1) is 12.4 Å². The summed E-state index contributed by atoms with van der Waals surface area (Å²) in [6, 6.07) is 6.84. The lowest BCUT2D eigenvalue weighted by atomic mass is 9.97. The quantitative estimate of drug-likeness (QED) is 0.763. The average Bonchev–Trinajstić information content (AvgIpc) is 1.93. The normalized spacial score (nSPS) is 20.3. The van der Waals surface area contributed by atoms with Gasteiger partial charge in [0.05, 0.1) is 0 Å². The number of hydrogen-bond donors (Lipinski definition) is 1. The van der Waals surface area contributed by atoms with Crippen molar-refractivity contribution in [3.8, 4) is 0 Å². The predicted molar refractivity (Wildman–Crippen MR) is 58.8 cm³/mol. The van der Waals surface area contributed by atoms with Crippen molar-refractivity contribution in [1.29, 1.82) is 0 Å². The third-order valence-corrected chi connectivity index (χ3v) is 2.83. The van der Waals surface area contributed by atoms with E-state index in [4.69, 9.17) is 11.6 Å². The van der Waals surface area contributed by atoms with Crippen molar-refractivity contribution in [3.63, 3.8) is 0 Å². The molecule has 1 aromatic rings. The summed E-state index contributed by atoms with van der Waals surface area (Å²) in [6.07, 6.45) is 1.24. The highest BCUT2D eigenvalue weighted by molar-refractivity contribution is 6.31. The van der Waals surface area contributed by atoms with Crippen molar-refractivity contribution >= 4 is 24.0 Å². The van der Waals surface area contributed by atoms with Crippen LogP contribution >= 0.6 is 24.0 Å². The molecule has 1 aliphatic heterocycles. The Kier molecular flexibility index (Phi) is 3.60. The molecule has 1 saturated heterocycles. The molecule has 1 atom stereocenters. The smallest absolute Gasteiger partial charge is 0.0438 e. The van der Waals surface area contributed by atoms with Crippen LogP contribution in [0, 0.1) is 6.92 Å². The van der Waals surface area contributed by atoms with Crippen LogP contribution in [0.3, 0.4) is 0 Å². The molecule has 1 N–H and O–H groups in total. The zero-order valence-electron chi connectivity index (χ0n) is 7.51.